The molecule has 2 heterocycles. The molecule has 2 aromatic carbocycles. The summed E-state index contributed by atoms with van der Waals surface area (Å²) in [5.74, 6) is 1.62. The van der Waals surface area contributed by atoms with Gasteiger partial charge in [-0.1, -0.05) is 11.6 Å². The van der Waals surface area contributed by atoms with Crippen LogP contribution in [0, 0.1) is 11.3 Å². The lowest BCUT2D eigenvalue weighted by Gasteiger charge is -2.29. The number of benzene rings is 2. The number of rotatable bonds is 5. The number of halogens is 1. The van der Waals surface area contributed by atoms with E-state index in [1.807, 2.05) is 36.4 Å². The van der Waals surface area contributed by atoms with Gasteiger partial charge in [0.15, 0.2) is 5.82 Å². The van der Waals surface area contributed by atoms with Crippen molar-refractivity contribution >= 4 is 34.9 Å². The van der Waals surface area contributed by atoms with E-state index in [9.17, 15) is 0 Å². The largest absolute Gasteiger partial charge is 0.399 e. The predicted octanol–water partition coefficient (Wildman–Crippen LogP) is 4.87. The highest BCUT2D eigenvalue weighted by molar-refractivity contribution is 8.00. The normalized spacial score (nSPS) is 17.1. The summed E-state index contributed by atoms with van der Waals surface area (Å²) in [5.41, 5.74) is 9.10. The van der Waals surface area contributed by atoms with E-state index in [0.717, 1.165) is 47.9 Å². The van der Waals surface area contributed by atoms with Gasteiger partial charge in [0.25, 0.3) is 0 Å². The van der Waals surface area contributed by atoms with E-state index in [0.29, 0.717) is 35.3 Å². The van der Waals surface area contributed by atoms with Crippen LogP contribution < -0.4 is 10.6 Å². The van der Waals surface area contributed by atoms with Crippen molar-refractivity contribution in [1.82, 2.24) is 9.97 Å². The molecule has 5 rings (SSSR count). The Labute approximate surface area is 196 Å². The van der Waals surface area contributed by atoms with Gasteiger partial charge in [-0.25, -0.2) is 9.97 Å². The molecule has 1 aliphatic heterocycles. The molecule has 6 nitrogen and oxygen atoms in total. The van der Waals surface area contributed by atoms with Crippen LogP contribution in [0.1, 0.15) is 24.1 Å². The first kappa shape index (κ1) is 21.1. The van der Waals surface area contributed by atoms with Gasteiger partial charge in [-0.15, -0.1) is 11.8 Å². The summed E-state index contributed by atoms with van der Waals surface area (Å²) in [4.78, 5) is 13.1. The number of morpholine rings is 1. The quantitative estimate of drug-likeness (QED) is 0.540. The van der Waals surface area contributed by atoms with Crippen LogP contribution in [-0.4, -0.2) is 36.3 Å². The second kappa shape index (κ2) is 8.62. The number of nitrogens with two attached hydrogens (primary N) is 1. The average Bonchev–Trinajstić information content (AvgIpc) is 3.62. The van der Waals surface area contributed by atoms with Crippen molar-refractivity contribution in [3.8, 4) is 17.5 Å². The standard InChI is InChI=1S/C24H22ClN5OS/c25-19-13-16(15-26)1-6-20(19)32-24(7-8-24)21-14-22(30-9-11-31-12-10-30)29-23(28-21)17-2-4-18(27)5-3-17/h1-6,13-14H,7-12,27H2. The van der Waals surface area contributed by atoms with Crippen LogP contribution in [0.15, 0.2) is 53.4 Å². The van der Waals surface area contributed by atoms with Gasteiger partial charge < -0.3 is 15.4 Å². The summed E-state index contributed by atoms with van der Waals surface area (Å²) in [7, 11) is 0. The zero-order chi connectivity index (χ0) is 22.1. The molecule has 2 aliphatic rings. The molecule has 0 radical (unpaired) electrons. The summed E-state index contributed by atoms with van der Waals surface area (Å²) in [5, 5.41) is 9.73. The smallest absolute Gasteiger partial charge is 0.161 e. The molecule has 0 atom stereocenters. The van der Waals surface area contributed by atoms with Gasteiger partial charge in [0, 0.05) is 35.3 Å². The minimum absolute atomic E-state index is 0.148. The van der Waals surface area contributed by atoms with Crippen molar-refractivity contribution < 1.29 is 4.74 Å². The van der Waals surface area contributed by atoms with E-state index in [4.69, 9.17) is 37.3 Å². The molecule has 1 saturated carbocycles. The van der Waals surface area contributed by atoms with E-state index in [1.165, 1.54) is 0 Å². The van der Waals surface area contributed by atoms with Gasteiger partial charge in [-0.2, -0.15) is 5.26 Å². The Morgan fingerprint density at radius 1 is 1.06 bits per heavy atom. The van der Waals surface area contributed by atoms with Crippen LogP contribution in [0.4, 0.5) is 11.5 Å². The summed E-state index contributed by atoms with van der Waals surface area (Å²) < 4.78 is 5.38. The Morgan fingerprint density at radius 3 is 2.47 bits per heavy atom. The fraction of sp³-hybridized carbons (Fsp3) is 0.292. The zero-order valence-electron chi connectivity index (χ0n) is 17.4. The molecule has 162 valence electrons. The van der Waals surface area contributed by atoms with Crippen LogP contribution in [0.2, 0.25) is 5.02 Å². The Hall–Kier alpha value is -2.79. The van der Waals surface area contributed by atoms with Crippen molar-refractivity contribution in [2.45, 2.75) is 22.5 Å². The first-order valence-electron chi connectivity index (χ1n) is 10.5. The van der Waals surface area contributed by atoms with Crippen LogP contribution in [0.5, 0.6) is 0 Å². The molecule has 1 aromatic heterocycles. The molecule has 2 fully saturated rings. The van der Waals surface area contributed by atoms with E-state index >= 15 is 0 Å². The molecule has 0 amide bonds. The van der Waals surface area contributed by atoms with E-state index < -0.39 is 0 Å². The second-order valence-corrected chi connectivity index (χ2v) is 9.84. The summed E-state index contributed by atoms with van der Waals surface area (Å²) in [6.07, 6.45) is 2.02. The second-order valence-electron chi connectivity index (χ2n) is 8.01. The lowest BCUT2D eigenvalue weighted by atomic mass is 10.1. The molecule has 8 heteroatoms. The number of ether oxygens (including phenoxy) is 1. The maximum Gasteiger partial charge on any atom is 0.161 e. The first-order valence-corrected chi connectivity index (χ1v) is 11.7. The number of hydrogen-bond donors (Lipinski definition) is 1. The monoisotopic (exact) mass is 463 g/mol. The third-order valence-electron chi connectivity index (χ3n) is 5.75. The van der Waals surface area contributed by atoms with Crippen molar-refractivity contribution in [2.24, 2.45) is 0 Å². The lowest BCUT2D eigenvalue weighted by Crippen LogP contribution is -2.37. The molecule has 2 N–H and O–H groups in total. The summed E-state index contributed by atoms with van der Waals surface area (Å²) in [6.45, 7) is 2.99. The molecule has 0 unspecified atom stereocenters. The number of aromatic nitrogens is 2. The highest BCUT2D eigenvalue weighted by Crippen LogP contribution is 2.60. The van der Waals surface area contributed by atoms with Crippen molar-refractivity contribution in [3.05, 3.63) is 64.8 Å². The van der Waals surface area contributed by atoms with Gasteiger partial charge >= 0.3 is 0 Å². The Balaban J connectivity index is 1.54. The molecule has 32 heavy (non-hydrogen) atoms. The van der Waals surface area contributed by atoms with Crippen LogP contribution >= 0.6 is 23.4 Å². The Bertz CT molecular complexity index is 1180. The highest BCUT2D eigenvalue weighted by atomic mass is 35.5. The maximum absolute atomic E-state index is 9.13. The Kier molecular flexibility index (Phi) is 5.68. The molecule has 0 spiro atoms. The number of nitrogen functional groups attached to an aromatic ring is 1. The summed E-state index contributed by atoms with van der Waals surface area (Å²) >= 11 is 8.21. The molecular weight excluding hydrogens is 442 g/mol. The van der Waals surface area contributed by atoms with Crippen molar-refractivity contribution in [1.29, 1.82) is 5.26 Å². The molecule has 3 aromatic rings. The topological polar surface area (TPSA) is 88.1 Å². The van der Waals surface area contributed by atoms with Crippen molar-refractivity contribution in [2.75, 3.05) is 36.9 Å². The Morgan fingerprint density at radius 2 is 1.81 bits per heavy atom. The SMILES string of the molecule is N#Cc1ccc(SC2(c3cc(N4CCOCC4)nc(-c4ccc(N)cc4)n3)CC2)c(Cl)c1. The first-order chi connectivity index (χ1) is 15.6. The van der Waals surface area contributed by atoms with Gasteiger partial charge in [-0.3, -0.25) is 0 Å². The third-order valence-corrected chi connectivity index (χ3v) is 7.76. The van der Waals surface area contributed by atoms with Gasteiger partial charge in [0.1, 0.15) is 5.82 Å². The predicted molar refractivity (Wildman–Crippen MR) is 128 cm³/mol. The number of nitriles is 1. The lowest BCUT2D eigenvalue weighted by molar-refractivity contribution is 0.122. The molecule has 0 bridgehead atoms. The number of hydrogen-bond acceptors (Lipinski definition) is 7. The minimum atomic E-state index is -0.148. The van der Waals surface area contributed by atoms with Crippen molar-refractivity contribution in [3.63, 3.8) is 0 Å². The van der Waals surface area contributed by atoms with Gasteiger partial charge in [-0.05, 0) is 55.3 Å². The van der Waals surface area contributed by atoms with Gasteiger partial charge in [0.2, 0.25) is 0 Å². The molecular formula is C24H22ClN5OS. The maximum atomic E-state index is 9.13. The fourth-order valence-corrected chi connectivity index (χ4v) is 5.30. The van der Waals surface area contributed by atoms with Crippen LogP contribution in [0.3, 0.4) is 0 Å². The van der Waals surface area contributed by atoms with Crippen LogP contribution in [0.25, 0.3) is 11.4 Å². The third kappa shape index (κ3) is 4.26. The number of nitrogens with zero attached hydrogens (tertiary/aromatic N) is 4. The summed E-state index contributed by atoms with van der Waals surface area (Å²) in [6, 6.07) is 17.4. The number of anilines is 2. The zero-order valence-corrected chi connectivity index (χ0v) is 19.0. The minimum Gasteiger partial charge on any atom is -0.399 e. The number of thioether (sulfide) groups is 1. The van der Waals surface area contributed by atoms with Crippen LogP contribution in [-0.2, 0) is 9.48 Å². The van der Waals surface area contributed by atoms with E-state index in [-0.39, 0.29) is 4.75 Å². The van der Waals surface area contributed by atoms with E-state index in [1.54, 1.807) is 17.8 Å². The molecule has 1 saturated heterocycles. The molecule has 1 aliphatic carbocycles. The highest BCUT2D eigenvalue weighted by Gasteiger charge is 2.48. The fourth-order valence-electron chi connectivity index (χ4n) is 3.77. The average molecular weight is 464 g/mol. The van der Waals surface area contributed by atoms with Gasteiger partial charge in [0.05, 0.1) is 40.3 Å². The van der Waals surface area contributed by atoms with E-state index in [2.05, 4.69) is 17.0 Å².